The molecule has 5 aromatic rings. The van der Waals surface area contributed by atoms with Crippen molar-refractivity contribution in [3.63, 3.8) is 0 Å². The second-order valence-electron chi connectivity index (χ2n) is 8.98. The van der Waals surface area contributed by atoms with Crippen molar-refractivity contribution in [3.05, 3.63) is 132 Å². The SMILES string of the molecule is Cc1ccc(-c2cc(-c3ccccc3)cc(-c3ccc(-c4cc(C)cc(C)c4)cc3)c2)cc1. The summed E-state index contributed by atoms with van der Waals surface area (Å²) in [5.74, 6) is 0. The maximum Gasteiger partial charge on any atom is -0.0172 e. The molecule has 5 aromatic carbocycles. The monoisotopic (exact) mass is 424 g/mol. The molecule has 0 amide bonds. The molecular weight excluding hydrogens is 396 g/mol. The van der Waals surface area contributed by atoms with E-state index in [1.807, 2.05) is 0 Å². The highest BCUT2D eigenvalue weighted by molar-refractivity contribution is 5.82. The van der Waals surface area contributed by atoms with Gasteiger partial charge in [0.1, 0.15) is 0 Å². The van der Waals surface area contributed by atoms with Crippen molar-refractivity contribution in [3.8, 4) is 44.5 Å². The highest BCUT2D eigenvalue weighted by atomic mass is 14.1. The Kier molecular flexibility index (Phi) is 5.67. The maximum absolute atomic E-state index is 2.31. The van der Waals surface area contributed by atoms with E-state index in [1.54, 1.807) is 0 Å². The minimum Gasteiger partial charge on any atom is -0.0622 e. The van der Waals surface area contributed by atoms with Crippen LogP contribution in [0.5, 0.6) is 0 Å². The zero-order valence-electron chi connectivity index (χ0n) is 19.5. The van der Waals surface area contributed by atoms with Gasteiger partial charge in [-0.15, -0.1) is 0 Å². The van der Waals surface area contributed by atoms with Crippen LogP contribution in [0.3, 0.4) is 0 Å². The van der Waals surface area contributed by atoms with Crippen molar-refractivity contribution >= 4 is 0 Å². The normalized spacial score (nSPS) is 10.9. The standard InChI is InChI=1S/C33H28/c1-23-9-11-27(12-10-23)32-20-31(26-7-5-4-6-8-26)21-33(22-32)29-15-13-28(14-16-29)30-18-24(2)17-25(3)19-30/h4-22H,1-3H3. The quantitative estimate of drug-likeness (QED) is 0.270. The van der Waals surface area contributed by atoms with Gasteiger partial charge in [-0.1, -0.05) is 114 Å². The lowest BCUT2D eigenvalue weighted by Gasteiger charge is -2.12. The lowest BCUT2D eigenvalue weighted by molar-refractivity contribution is 1.38. The summed E-state index contributed by atoms with van der Waals surface area (Å²) in [7, 11) is 0. The number of hydrogen-bond acceptors (Lipinski definition) is 0. The fourth-order valence-electron chi connectivity index (χ4n) is 4.50. The first-order chi connectivity index (χ1) is 16.0. The van der Waals surface area contributed by atoms with Gasteiger partial charge in [0, 0.05) is 0 Å². The highest BCUT2D eigenvalue weighted by Crippen LogP contribution is 2.34. The van der Waals surface area contributed by atoms with Gasteiger partial charge in [-0.05, 0) is 83.5 Å². The number of rotatable bonds is 4. The smallest absolute Gasteiger partial charge is 0.0172 e. The third-order valence-electron chi connectivity index (χ3n) is 6.20. The molecule has 0 unspecified atom stereocenters. The Morgan fingerprint density at radius 1 is 0.273 bits per heavy atom. The molecule has 0 aromatic heterocycles. The van der Waals surface area contributed by atoms with Crippen molar-refractivity contribution in [1.29, 1.82) is 0 Å². The van der Waals surface area contributed by atoms with Crippen molar-refractivity contribution in [2.24, 2.45) is 0 Å². The Morgan fingerprint density at radius 2 is 0.636 bits per heavy atom. The van der Waals surface area contributed by atoms with Gasteiger partial charge in [0.05, 0.1) is 0 Å². The van der Waals surface area contributed by atoms with Crippen molar-refractivity contribution < 1.29 is 0 Å². The van der Waals surface area contributed by atoms with Gasteiger partial charge in [0.25, 0.3) is 0 Å². The zero-order chi connectivity index (χ0) is 22.8. The molecular formula is C33H28. The van der Waals surface area contributed by atoms with Crippen molar-refractivity contribution in [1.82, 2.24) is 0 Å². The molecule has 0 N–H and O–H groups in total. The van der Waals surface area contributed by atoms with E-state index in [9.17, 15) is 0 Å². The Labute approximate surface area is 197 Å². The van der Waals surface area contributed by atoms with Crippen LogP contribution < -0.4 is 0 Å². The van der Waals surface area contributed by atoms with Gasteiger partial charge in [0.2, 0.25) is 0 Å². The fourth-order valence-corrected chi connectivity index (χ4v) is 4.50. The third kappa shape index (κ3) is 4.66. The van der Waals surface area contributed by atoms with Crippen LogP contribution in [0.2, 0.25) is 0 Å². The molecule has 0 heteroatoms. The van der Waals surface area contributed by atoms with Gasteiger partial charge in [-0.2, -0.15) is 0 Å². The van der Waals surface area contributed by atoms with Crippen LogP contribution in [-0.4, -0.2) is 0 Å². The molecule has 0 spiro atoms. The Hall–Kier alpha value is -3.90. The van der Waals surface area contributed by atoms with Crippen molar-refractivity contribution in [2.75, 3.05) is 0 Å². The zero-order valence-corrected chi connectivity index (χ0v) is 19.5. The van der Waals surface area contributed by atoms with Crippen LogP contribution in [-0.2, 0) is 0 Å². The molecule has 0 saturated heterocycles. The van der Waals surface area contributed by atoms with Gasteiger partial charge in [-0.3, -0.25) is 0 Å². The molecule has 0 atom stereocenters. The first-order valence-electron chi connectivity index (χ1n) is 11.5. The summed E-state index contributed by atoms with van der Waals surface area (Å²) in [6, 6.07) is 42.1. The lowest BCUT2D eigenvalue weighted by atomic mass is 9.92. The molecule has 0 nitrogen and oxygen atoms in total. The predicted molar refractivity (Wildman–Crippen MR) is 142 cm³/mol. The summed E-state index contributed by atoms with van der Waals surface area (Å²) in [6.07, 6.45) is 0. The minimum absolute atomic E-state index is 1.23. The highest BCUT2D eigenvalue weighted by Gasteiger charge is 2.08. The van der Waals surface area contributed by atoms with Crippen molar-refractivity contribution in [2.45, 2.75) is 20.8 Å². The van der Waals surface area contributed by atoms with Crippen LogP contribution in [0.25, 0.3) is 44.5 Å². The van der Waals surface area contributed by atoms with Crippen LogP contribution in [0.4, 0.5) is 0 Å². The van der Waals surface area contributed by atoms with Crippen LogP contribution in [0.1, 0.15) is 16.7 Å². The average Bonchev–Trinajstić information content (AvgIpc) is 2.84. The molecule has 0 saturated carbocycles. The average molecular weight is 425 g/mol. The largest absolute Gasteiger partial charge is 0.0622 e. The maximum atomic E-state index is 2.31. The summed E-state index contributed by atoms with van der Waals surface area (Å²) in [5.41, 5.74) is 13.8. The van der Waals surface area contributed by atoms with E-state index in [0.29, 0.717) is 0 Å². The van der Waals surface area contributed by atoms with E-state index in [-0.39, 0.29) is 0 Å². The lowest BCUT2D eigenvalue weighted by Crippen LogP contribution is -1.87. The second kappa shape index (κ2) is 8.92. The fraction of sp³-hybridized carbons (Fsp3) is 0.0909. The Morgan fingerprint density at radius 3 is 1.09 bits per heavy atom. The van der Waals surface area contributed by atoms with E-state index >= 15 is 0 Å². The Balaban J connectivity index is 1.59. The third-order valence-corrected chi connectivity index (χ3v) is 6.20. The number of hydrogen-bond donors (Lipinski definition) is 0. The number of benzene rings is 5. The van der Waals surface area contributed by atoms with Gasteiger partial charge in [0.15, 0.2) is 0 Å². The molecule has 0 heterocycles. The predicted octanol–water partition coefficient (Wildman–Crippen LogP) is 9.28. The molecule has 0 bridgehead atoms. The molecule has 5 rings (SSSR count). The summed E-state index contributed by atoms with van der Waals surface area (Å²) in [4.78, 5) is 0. The van der Waals surface area contributed by atoms with Gasteiger partial charge >= 0.3 is 0 Å². The van der Waals surface area contributed by atoms with E-state index in [2.05, 4.69) is 136 Å². The molecule has 33 heavy (non-hydrogen) atoms. The molecule has 0 radical (unpaired) electrons. The van der Waals surface area contributed by atoms with Crippen LogP contribution in [0.15, 0.2) is 115 Å². The first-order valence-corrected chi connectivity index (χ1v) is 11.5. The number of aryl methyl sites for hydroxylation is 3. The molecule has 160 valence electrons. The van der Waals surface area contributed by atoms with Gasteiger partial charge in [-0.25, -0.2) is 0 Å². The second-order valence-corrected chi connectivity index (χ2v) is 8.98. The van der Waals surface area contributed by atoms with Crippen LogP contribution in [0, 0.1) is 20.8 Å². The summed E-state index contributed by atoms with van der Waals surface area (Å²) in [5, 5.41) is 0. The van der Waals surface area contributed by atoms with E-state index < -0.39 is 0 Å². The van der Waals surface area contributed by atoms with E-state index in [4.69, 9.17) is 0 Å². The summed E-state index contributed by atoms with van der Waals surface area (Å²) < 4.78 is 0. The molecule has 0 fully saturated rings. The summed E-state index contributed by atoms with van der Waals surface area (Å²) in [6.45, 7) is 6.45. The topological polar surface area (TPSA) is 0 Å². The first kappa shape index (κ1) is 21.0. The van der Waals surface area contributed by atoms with Gasteiger partial charge < -0.3 is 0 Å². The molecule has 0 aliphatic heterocycles. The Bertz CT molecular complexity index is 1370. The van der Waals surface area contributed by atoms with E-state index in [0.717, 1.165) is 0 Å². The molecule has 0 aliphatic rings. The molecule has 0 aliphatic carbocycles. The van der Waals surface area contributed by atoms with E-state index in [1.165, 1.54) is 61.2 Å². The summed E-state index contributed by atoms with van der Waals surface area (Å²) >= 11 is 0. The minimum atomic E-state index is 1.23. The van der Waals surface area contributed by atoms with Crippen LogP contribution >= 0.6 is 0 Å².